The van der Waals surface area contributed by atoms with E-state index in [1.165, 1.54) is 6.07 Å². The normalized spacial score (nSPS) is 15.0. The molecule has 1 aliphatic heterocycles. The summed E-state index contributed by atoms with van der Waals surface area (Å²) in [6.07, 6.45) is -3.62. The van der Waals surface area contributed by atoms with Gasteiger partial charge in [-0.1, -0.05) is 28.1 Å². The molecule has 2 aromatic rings. The summed E-state index contributed by atoms with van der Waals surface area (Å²) >= 11 is 3.32. The van der Waals surface area contributed by atoms with Gasteiger partial charge in [0.15, 0.2) is 11.5 Å². The predicted molar refractivity (Wildman–Crippen MR) is 78.5 cm³/mol. The molecule has 0 amide bonds. The first kappa shape index (κ1) is 13.9. The first-order valence-corrected chi connectivity index (χ1v) is 6.90. The molecule has 4 nitrogen and oxygen atoms in total. The Hall–Kier alpha value is -2.02. The minimum absolute atomic E-state index is 0.0306. The lowest BCUT2D eigenvalue weighted by atomic mass is 10.1. The zero-order valence-corrected chi connectivity index (χ0v) is 12.3. The van der Waals surface area contributed by atoms with Crippen LogP contribution in [0.4, 0.5) is 20.2 Å². The summed E-state index contributed by atoms with van der Waals surface area (Å²) in [6, 6.07) is 10.1. The Kier molecular flexibility index (Phi) is 3.36. The quantitative estimate of drug-likeness (QED) is 0.817. The lowest BCUT2D eigenvalue weighted by molar-refractivity contribution is -0.286. The monoisotopic (exact) mass is 356 g/mol. The van der Waals surface area contributed by atoms with Crippen molar-refractivity contribution in [2.45, 2.75) is 12.8 Å². The maximum Gasteiger partial charge on any atom is 0.586 e. The van der Waals surface area contributed by atoms with E-state index in [-0.39, 0.29) is 18.0 Å². The largest absolute Gasteiger partial charge is 0.586 e. The van der Waals surface area contributed by atoms with Gasteiger partial charge in [0.2, 0.25) is 0 Å². The smallest absolute Gasteiger partial charge is 0.397 e. The Morgan fingerprint density at radius 2 is 2.00 bits per heavy atom. The molecule has 7 heteroatoms. The fourth-order valence-corrected chi connectivity index (χ4v) is 2.43. The van der Waals surface area contributed by atoms with E-state index in [9.17, 15) is 8.78 Å². The number of benzene rings is 2. The van der Waals surface area contributed by atoms with Crippen LogP contribution in [0.5, 0.6) is 11.5 Å². The number of anilines is 2. The minimum Gasteiger partial charge on any atom is -0.397 e. The van der Waals surface area contributed by atoms with Gasteiger partial charge < -0.3 is 20.5 Å². The van der Waals surface area contributed by atoms with Crippen LogP contribution in [-0.4, -0.2) is 6.29 Å². The molecule has 0 aliphatic carbocycles. The van der Waals surface area contributed by atoms with E-state index in [0.717, 1.165) is 4.47 Å². The van der Waals surface area contributed by atoms with Gasteiger partial charge in [-0.05, 0) is 24.3 Å². The third-order valence-electron chi connectivity index (χ3n) is 2.99. The molecule has 110 valence electrons. The van der Waals surface area contributed by atoms with Crippen LogP contribution in [-0.2, 0) is 6.54 Å². The van der Waals surface area contributed by atoms with Gasteiger partial charge in [-0.25, -0.2) is 0 Å². The molecule has 0 aromatic heterocycles. The fraction of sp³-hybridized carbons (Fsp3) is 0.143. The molecule has 0 unspecified atom stereocenters. The van der Waals surface area contributed by atoms with Crippen LogP contribution in [0.3, 0.4) is 0 Å². The van der Waals surface area contributed by atoms with Crippen molar-refractivity contribution < 1.29 is 18.3 Å². The van der Waals surface area contributed by atoms with E-state index in [0.29, 0.717) is 16.9 Å². The SMILES string of the molecule is Nc1cc(Br)ccc1NCc1cccc2c1OC(F)(F)O2. The molecule has 0 saturated carbocycles. The number of nitrogen functional groups attached to an aromatic ring is 1. The predicted octanol–water partition coefficient (Wildman–Crippen LogP) is 3.96. The van der Waals surface area contributed by atoms with Gasteiger partial charge in [0.05, 0.1) is 11.4 Å². The number of alkyl halides is 2. The Bertz CT molecular complexity index is 695. The first-order chi connectivity index (χ1) is 9.94. The molecule has 3 N–H and O–H groups in total. The molecule has 0 spiro atoms. The number of ether oxygens (including phenoxy) is 2. The number of halogens is 3. The zero-order valence-electron chi connectivity index (χ0n) is 10.7. The summed E-state index contributed by atoms with van der Waals surface area (Å²) in [6.45, 7) is 0.286. The van der Waals surface area contributed by atoms with Crippen LogP contribution in [0.2, 0.25) is 0 Å². The Morgan fingerprint density at radius 3 is 2.76 bits per heavy atom. The zero-order chi connectivity index (χ0) is 15.0. The maximum atomic E-state index is 13.1. The van der Waals surface area contributed by atoms with Crippen LogP contribution < -0.4 is 20.5 Å². The minimum atomic E-state index is -3.62. The van der Waals surface area contributed by atoms with Crippen molar-refractivity contribution in [1.29, 1.82) is 0 Å². The van der Waals surface area contributed by atoms with Crippen LogP contribution in [0.1, 0.15) is 5.56 Å². The molecule has 0 radical (unpaired) electrons. The second-order valence-corrected chi connectivity index (χ2v) is 5.41. The second kappa shape index (κ2) is 5.07. The topological polar surface area (TPSA) is 56.5 Å². The van der Waals surface area contributed by atoms with Gasteiger partial charge in [0, 0.05) is 16.6 Å². The van der Waals surface area contributed by atoms with Crippen LogP contribution in [0, 0.1) is 0 Å². The maximum absolute atomic E-state index is 13.1. The van der Waals surface area contributed by atoms with Gasteiger partial charge >= 0.3 is 6.29 Å². The van der Waals surface area contributed by atoms with Gasteiger partial charge in [-0.2, -0.15) is 0 Å². The Labute approximate surface area is 128 Å². The highest BCUT2D eigenvalue weighted by atomic mass is 79.9. The van der Waals surface area contributed by atoms with Crippen molar-refractivity contribution in [2.75, 3.05) is 11.1 Å². The third-order valence-corrected chi connectivity index (χ3v) is 3.49. The summed E-state index contributed by atoms with van der Waals surface area (Å²) in [5.74, 6) is 0.0776. The van der Waals surface area contributed by atoms with Crippen molar-refractivity contribution in [3.05, 3.63) is 46.4 Å². The number of hydrogen-bond acceptors (Lipinski definition) is 4. The average Bonchev–Trinajstić information content (AvgIpc) is 2.72. The van der Waals surface area contributed by atoms with E-state index < -0.39 is 6.29 Å². The van der Waals surface area contributed by atoms with Gasteiger partial charge in [0.1, 0.15) is 0 Å². The number of para-hydroxylation sites is 1. The Balaban J connectivity index is 1.80. The molecule has 3 rings (SSSR count). The van der Waals surface area contributed by atoms with E-state index >= 15 is 0 Å². The van der Waals surface area contributed by atoms with Crippen LogP contribution in [0.15, 0.2) is 40.9 Å². The highest BCUT2D eigenvalue weighted by Gasteiger charge is 2.44. The van der Waals surface area contributed by atoms with E-state index in [1.54, 1.807) is 24.3 Å². The molecule has 0 saturated heterocycles. The van der Waals surface area contributed by atoms with Crippen molar-refractivity contribution in [3.8, 4) is 11.5 Å². The van der Waals surface area contributed by atoms with Gasteiger partial charge in [-0.15, -0.1) is 8.78 Å². The second-order valence-electron chi connectivity index (χ2n) is 4.50. The highest BCUT2D eigenvalue weighted by molar-refractivity contribution is 9.10. The summed E-state index contributed by atoms with van der Waals surface area (Å²) in [5.41, 5.74) is 7.70. The van der Waals surface area contributed by atoms with Crippen molar-refractivity contribution in [2.24, 2.45) is 0 Å². The molecular formula is C14H11BrF2N2O2. The van der Waals surface area contributed by atoms with E-state index in [1.807, 2.05) is 6.07 Å². The molecule has 1 heterocycles. The number of rotatable bonds is 3. The summed E-state index contributed by atoms with van der Waals surface area (Å²) in [7, 11) is 0. The molecule has 21 heavy (non-hydrogen) atoms. The number of nitrogens with two attached hydrogens (primary N) is 1. The summed E-state index contributed by atoms with van der Waals surface area (Å²) in [4.78, 5) is 0. The number of nitrogens with one attached hydrogen (secondary N) is 1. The van der Waals surface area contributed by atoms with E-state index in [2.05, 4.69) is 30.7 Å². The standard InChI is InChI=1S/C14H11BrF2N2O2/c15-9-4-5-11(10(18)6-9)19-7-8-2-1-3-12-13(8)21-14(16,17)20-12/h1-6,19H,7,18H2. The molecule has 0 atom stereocenters. The van der Waals surface area contributed by atoms with Gasteiger partial charge in [0.25, 0.3) is 0 Å². The fourth-order valence-electron chi connectivity index (χ4n) is 2.05. The van der Waals surface area contributed by atoms with Crippen LogP contribution in [0.25, 0.3) is 0 Å². The lowest BCUT2D eigenvalue weighted by Crippen LogP contribution is -2.26. The lowest BCUT2D eigenvalue weighted by Gasteiger charge is -2.11. The highest BCUT2D eigenvalue weighted by Crippen LogP contribution is 2.43. The number of fused-ring (bicyclic) bond motifs is 1. The molecule has 1 aliphatic rings. The first-order valence-electron chi connectivity index (χ1n) is 6.11. The van der Waals surface area contributed by atoms with Crippen molar-refractivity contribution >= 4 is 27.3 Å². The summed E-state index contributed by atoms with van der Waals surface area (Å²) in [5, 5.41) is 3.09. The summed E-state index contributed by atoms with van der Waals surface area (Å²) < 4.78 is 36.0. The molecule has 0 fully saturated rings. The van der Waals surface area contributed by atoms with Gasteiger partial charge in [-0.3, -0.25) is 0 Å². The van der Waals surface area contributed by atoms with Crippen molar-refractivity contribution in [3.63, 3.8) is 0 Å². The van der Waals surface area contributed by atoms with E-state index in [4.69, 9.17) is 5.73 Å². The van der Waals surface area contributed by atoms with Crippen molar-refractivity contribution in [1.82, 2.24) is 0 Å². The molecule has 0 bridgehead atoms. The molecular weight excluding hydrogens is 346 g/mol. The molecule has 2 aromatic carbocycles. The Morgan fingerprint density at radius 1 is 1.19 bits per heavy atom. The van der Waals surface area contributed by atoms with Crippen LogP contribution >= 0.6 is 15.9 Å². The average molecular weight is 357 g/mol. The number of hydrogen-bond donors (Lipinski definition) is 2. The third kappa shape index (κ3) is 2.87.